The molecule has 0 heterocycles. The summed E-state index contributed by atoms with van der Waals surface area (Å²) in [5.74, 6) is 0. The second-order valence-electron chi connectivity index (χ2n) is 0. The van der Waals surface area contributed by atoms with E-state index in [1.807, 2.05) is 0 Å². The Morgan fingerprint density at radius 1 is 0.556 bits per heavy atom. The van der Waals surface area contributed by atoms with Crippen LogP contribution in [0.1, 0.15) is 0 Å². The summed E-state index contributed by atoms with van der Waals surface area (Å²) in [4.78, 5) is 0. The van der Waals surface area contributed by atoms with Crippen molar-refractivity contribution in [2.75, 3.05) is 0 Å². The molecule has 0 aliphatic heterocycles. The maximum atomic E-state index is 3.68. The van der Waals surface area contributed by atoms with Crippen molar-refractivity contribution >= 4 is 0 Å². The van der Waals surface area contributed by atoms with Crippen LogP contribution in [0.2, 0.25) is 0 Å². The average Bonchev–Trinajstić information content (AvgIpc) is 1.50. The second-order valence-corrected chi connectivity index (χ2v) is 0. The molecule has 0 aromatic carbocycles. The van der Waals surface area contributed by atoms with Gasteiger partial charge in [-0.2, -0.15) is 0 Å². The topological polar surface area (TPSA) is 85.5 Å². The van der Waals surface area contributed by atoms with Crippen LogP contribution in [0.5, 0.6) is 0 Å². The van der Waals surface area contributed by atoms with E-state index < -0.39 is 0 Å². The molecule has 0 aliphatic rings. The smallest absolute Gasteiger partial charge is 2.00 e. The summed E-state index contributed by atoms with van der Waals surface area (Å²) in [5, 5.41) is 0. The summed E-state index contributed by atoms with van der Waals surface area (Å²) in [6, 6.07) is 0. The van der Waals surface area contributed by atoms with E-state index in [-0.39, 0.29) is 51.2 Å². The Labute approximate surface area is 112 Å². The first-order valence-electron chi connectivity index (χ1n) is 0.191. The molecule has 9 heteroatoms. The van der Waals surface area contributed by atoms with Crippen LogP contribution in [0, 0.1) is 0 Å². The molecule has 0 atom stereocenters. The van der Waals surface area contributed by atoms with Crippen LogP contribution in [0.25, 0.3) is 0 Å². The predicted molar refractivity (Wildman–Crippen MR) is 2.06 cm³/mol. The van der Waals surface area contributed by atoms with Gasteiger partial charge in [0.2, 0.25) is 0 Å². The first-order valence-corrected chi connectivity index (χ1v) is 4.65. The number of rotatable bonds is 0. The van der Waals surface area contributed by atoms with Crippen LogP contribution in [0.4, 0.5) is 0 Å². The predicted octanol–water partition coefficient (Wildman–Crippen LogP) is -0.371. The van der Waals surface area contributed by atoms with E-state index in [0.717, 1.165) is 0 Å². The number of hydrogen-bond acceptors (Lipinski definition) is 0. The fraction of sp³-hybridized carbons (Fsp3) is 0. The van der Waals surface area contributed by atoms with Gasteiger partial charge in [-0.15, -0.1) is 0 Å². The van der Waals surface area contributed by atoms with Crippen molar-refractivity contribution in [1.82, 2.24) is 0 Å². The summed E-state index contributed by atoms with van der Waals surface area (Å²) in [7, 11) is 0. The molecule has 0 aliphatic carbocycles. The third-order valence-electron chi connectivity index (χ3n) is 0. The molecule has 3 nitrogen and oxygen atoms in total. The van der Waals surface area contributed by atoms with Gasteiger partial charge < -0.3 is 16.4 Å². The molecule has 72 valence electrons. The molecule has 0 amide bonds. The fourth-order valence-electron chi connectivity index (χ4n) is 0. The van der Waals surface area contributed by atoms with E-state index in [2.05, 4.69) is 63.3 Å². The third-order valence-corrected chi connectivity index (χ3v) is 0. The monoisotopic (exact) mass is 482 g/mol. The van der Waals surface area contributed by atoms with Crippen molar-refractivity contribution in [2.24, 2.45) is 0 Å². The molecule has 0 aromatic rings. The van der Waals surface area contributed by atoms with Gasteiger partial charge in [0.15, 0.2) is 0 Å². The van der Waals surface area contributed by atoms with Gasteiger partial charge in [0.25, 0.3) is 0 Å². The van der Waals surface area contributed by atoms with Gasteiger partial charge in [0.05, 0.1) is 0 Å². The molecule has 0 fully saturated rings. The van der Waals surface area contributed by atoms with Gasteiger partial charge in [0.1, 0.15) is 0 Å². The molecular weight excluding hydrogens is 485 g/mol. The Kier molecular flexibility index (Phi) is 652. The van der Waals surface area contributed by atoms with Crippen molar-refractivity contribution in [2.45, 2.75) is 0 Å². The Bertz CT molecular complexity index is 17.8. The van der Waals surface area contributed by atoms with Gasteiger partial charge in [-0.25, -0.2) is 0 Å². The summed E-state index contributed by atoms with van der Waals surface area (Å²) in [6.45, 7) is 0. The van der Waals surface area contributed by atoms with Crippen molar-refractivity contribution in [1.29, 1.82) is 0 Å². The van der Waals surface area contributed by atoms with E-state index >= 15 is 0 Å². The van der Waals surface area contributed by atoms with Gasteiger partial charge in [-0.3, -0.25) is 0 Å². The quantitative estimate of drug-likeness (QED) is 0.420. The number of hydrogen-bond donors (Lipinski definition) is 0. The summed E-state index contributed by atoms with van der Waals surface area (Å²) in [6.07, 6.45) is 0. The molecular formula is Ag2Cr2Ni2O3. The van der Waals surface area contributed by atoms with Crippen LogP contribution in [0.3, 0.4) is 0 Å². The van der Waals surface area contributed by atoms with Gasteiger partial charge in [-0.1, -0.05) is 0 Å². The minimum absolute atomic E-state index is 0. The standard InChI is InChI=1S/2Ag.2Cr.2Ni.3O/q;;2*+3;;;3*-2. The van der Waals surface area contributed by atoms with E-state index in [1.54, 1.807) is 0 Å². The normalized spacial score (nSPS) is 1.78. The van der Waals surface area contributed by atoms with E-state index in [1.165, 1.54) is 0 Å². The third kappa shape index (κ3) is 86.8. The van der Waals surface area contributed by atoms with Gasteiger partial charge in [0, 0.05) is 0 Å². The Hall–Kier alpha value is 3.41. The molecule has 9 heavy (non-hydrogen) atoms. The molecule has 2 radical (unpaired) electrons. The maximum Gasteiger partial charge on any atom is -2.00 e. The SMILES string of the molecule is [Cr+3].[Cr+3].[Ni][Ag].[Ni][Ag].[O-2].[O-2].[O-2]. The van der Waals surface area contributed by atoms with E-state index in [9.17, 15) is 0 Å². The van der Waals surface area contributed by atoms with Crippen molar-refractivity contribution in [3.05, 3.63) is 0 Å². The average molecular weight is 485 g/mol. The zero-order chi connectivity index (χ0) is 4.00. The first-order chi connectivity index (χ1) is 2.00. The second kappa shape index (κ2) is 106. The van der Waals surface area contributed by atoms with Crippen LogP contribution >= 0.6 is 0 Å². The van der Waals surface area contributed by atoms with Crippen LogP contribution in [0.15, 0.2) is 0 Å². The van der Waals surface area contributed by atoms with E-state index in [4.69, 9.17) is 0 Å². The fourth-order valence-corrected chi connectivity index (χ4v) is 0. The van der Waals surface area contributed by atoms with Gasteiger partial charge >= 0.3 is 98.0 Å². The van der Waals surface area contributed by atoms with Crippen molar-refractivity contribution < 1.29 is 114 Å². The Balaban J connectivity index is -0.00000000114. The van der Waals surface area contributed by atoms with E-state index in [0.29, 0.717) is 0 Å². The summed E-state index contributed by atoms with van der Waals surface area (Å²) >= 11 is 12.5. The Morgan fingerprint density at radius 3 is 0.556 bits per heavy atom. The zero-order valence-electron chi connectivity index (χ0n) is 3.28. The Morgan fingerprint density at radius 2 is 0.556 bits per heavy atom. The first kappa shape index (κ1) is 55.2. The van der Waals surface area contributed by atoms with Crippen LogP contribution in [-0.4, -0.2) is 0 Å². The van der Waals surface area contributed by atoms with Crippen LogP contribution < -0.4 is 0 Å². The van der Waals surface area contributed by atoms with Gasteiger partial charge in [-0.05, 0) is 0 Å². The molecule has 0 saturated carbocycles. The minimum Gasteiger partial charge on any atom is -2.00 e. The summed E-state index contributed by atoms with van der Waals surface area (Å²) < 4.78 is 0. The molecule has 0 saturated heterocycles. The van der Waals surface area contributed by atoms with Crippen LogP contribution in [-0.2, 0) is 114 Å². The maximum absolute atomic E-state index is 3.68. The molecule has 0 rings (SSSR count). The summed E-state index contributed by atoms with van der Waals surface area (Å²) in [5.41, 5.74) is 0. The van der Waals surface area contributed by atoms with Crippen molar-refractivity contribution in [3.8, 4) is 0 Å². The zero-order valence-corrected chi connectivity index (χ0v) is 10.8. The largest absolute Gasteiger partial charge is 2.00 e. The minimum atomic E-state index is 0. The molecule has 0 aromatic heterocycles. The molecule has 0 bridgehead atoms. The molecule has 0 unspecified atom stereocenters. The van der Waals surface area contributed by atoms with Crippen molar-refractivity contribution in [3.63, 3.8) is 0 Å². The molecule has 0 spiro atoms. The molecule has 0 N–H and O–H groups in total.